The number of benzene rings is 1. The molecule has 1 atom stereocenters. The maximum atomic E-state index is 12.9. The third-order valence-electron chi connectivity index (χ3n) is 5.74. The van der Waals surface area contributed by atoms with Crippen LogP contribution in [0.4, 0.5) is 17.5 Å². The number of amides is 2. The highest BCUT2D eigenvalue weighted by Crippen LogP contribution is 2.31. The number of hydrogen-bond acceptors (Lipinski definition) is 5. The number of hydrogen-bond donors (Lipinski definition) is 3. The Morgan fingerprint density at radius 1 is 1.21 bits per heavy atom. The zero-order valence-corrected chi connectivity index (χ0v) is 16.6. The van der Waals surface area contributed by atoms with Crippen LogP contribution in [-0.2, 0) is 9.59 Å². The summed E-state index contributed by atoms with van der Waals surface area (Å²) < 4.78 is 0. The number of piperidine rings is 1. The van der Waals surface area contributed by atoms with E-state index in [0.29, 0.717) is 17.6 Å². The Morgan fingerprint density at radius 3 is 2.66 bits per heavy atom. The molecule has 8 heteroatoms. The predicted molar refractivity (Wildman–Crippen MR) is 111 cm³/mol. The van der Waals surface area contributed by atoms with E-state index >= 15 is 0 Å². The third-order valence-corrected chi connectivity index (χ3v) is 5.74. The van der Waals surface area contributed by atoms with Gasteiger partial charge in [0.15, 0.2) is 0 Å². The van der Waals surface area contributed by atoms with Crippen molar-refractivity contribution >= 4 is 29.3 Å². The van der Waals surface area contributed by atoms with Crippen molar-refractivity contribution in [1.82, 2.24) is 9.97 Å². The first-order chi connectivity index (χ1) is 13.9. The van der Waals surface area contributed by atoms with Gasteiger partial charge in [-0.2, -0.15) is 4.98 Å². The standard InChI is InChI=1S/C21H25N5O3/c1-12-7-9-26(10-8-12)21-24-18-17(20(29)25-21)14(11-16(27)23-18)19(28)22-15-6-4-3-5-13(15)2/h3-6,12,14H,7-11H2,1-2H3,(H,22,28)(H2,23,24,25,27,29)/t14-/m0/s1. The van der Waals surface area contributed by atoms with Gasteiger partial charge in [-0.05, 0) is 37.3 Å². The van der Waals surface area contributed by atoms with E-state index in [1.807, 2.05) is 30.0 Å². The number of nitrogens with zero attached hydrogens (tertiary/aromatic N) is 2. The molecule has 29 heavy (non-hydrogen) atoms. The second kappa shape index (κ2) is 7.69. The molecule has 2 aliphatic rings. The minimum atomic E-state index is -0.884. The van der Waals surface area contributed by atoms with Gasteiger partial charge in [-0.1, -0.05) is 25.1 Å². The van der Waals surface area contributed by atoms with Crippen LogP contribution in [0.5, 0.6) is 0 Å². The van der Waals surface area contributed by atoms with Crippen molar-refractivity contribution in [2.45, 2.75) is 39.0 Å². The monoisotopic (exact) mass is 395 g/mol. The molecule has 2 amide bonds. The average molecular weight is 395 g/mol. The summed E-state index contributed by atoms with van der Waals surface area (Å²) in [7, 11) is 0. The second-order valence-corrected chi connectivity index (χ2v) is 7.93. The zero-order chi connectivity index (χ0) is 20.5. The van der Waals surface area contributed by atoms with Gasteiger partial charge >= 0.3 is 0 Å². The van der Waals surface area contributed by atoms with Gasteiger partial charge in [0.25, 0.3) is 5.56 Å². The Kier molecular flexibility index (Phi) is 5.08. The summed E-state index contributed by atoms with van der Waals surface area (Å²) in [5.74, 6) is -0.319. The lowest BCUT2D eigenvalue weighted by Crippen LogP contribution is -2.39. The maximum absolute atomic E-state index is 12.9. The smallest absolute Gasteiger partial charge is 0.258 e. The molecular weight excluding hydrogens is 370 g/mol. The number of fused-ring (bicyclic) bond motifs is 1. The lowest BCUT2D eigenvalue weighted by Gasteiger charge is -2.31. The number of carbonyl (C=O) groups is 2. The molecule has 0 radical (unpaired) electrons. The van der Waals surface area contributed by atoms with Gasteiger partial charge in [-0.25, -0.2) is 0 Å². The number of H-pyrrole nitrogens is 1. The first kappa shape index (κ1) is 19.2. The molecule has 4 rings (SSSR count). The van der Waals surface area contributed by atoms with E-state index in [1.165, 1.54) is 0 Å². The van der Waals surface area contributed by atoms with Crippen molar-refractivity contribution in [2.24, 2.45) is 5.92 Å². The first-order valence-electron chi connectivity index (χ1n) is 9.98. The van der Waals surface area contributed by atoms with Crippen molar-refractivity contribution in [3.8, 4) is 0 Å². The van der Waals surface area contributed by atoms with Crippen LogP contribution in [0.1, 0.15) is 43.2 Å². The summed E-state index contributed by atoms with van der Waals surface area (Å²) in [5.41, 5.74) is 1.40. The van der Waals surface area contributed by atoms with E-state index in [-0.39, 0.29) is 35.2 Å². The number of rotatable bonds is 3. The molecule has 1 saturated heterocycles. The molecule has 0 unspecified atom stereocenters. The zero-order valence-electron chi connectivity index (χ0n) is 16.6. The van der Waals surface area contributed by atoms with Crippen LogP contribution in [0, 0.1) is 12.8 Å². The van der Waals surface area contributed by atoms with Crippen LogP contribution >= 0.6 is 0 Å². The summed E-state index contributed by atoms with van der Waals surface area (Å²) >= 11 is 0. The fourth-order valence-electron chi connectivity index (χ4n) is 3.89. The highest BCUT2D eigenvalue weighted by Gasteiger charge is 2.35. The highest BCUT2D eigenvalue weighted by molar-refractivity contribution is 6.04. The van der Waals surface area contributed by atoms with Gasteiger partial charge < -0.3 is 15.5 Å². The van der Waals surface area contributed by atoms with E-state index in [2.05, 4.69) is 27.5 Å². The quantitative estimate of drug-likeness (QED) is 0.740. The van der Waals surface area contributed by atoms with E-state index < -0.39 is 5.92 Å². The lowest BCUT2D eigenvalue weighted by molar-refractivity contribution is -0.123. The number of nitrogens with one attached hydrogen (secondary N) is 3. The molecule has 152 valence electrons. The largest absolute Gasteiger partial charge is 0.342 e. The molecule has 1 aromatic heterocycles. The predicted octanol–water partition coefficient (Wildman–Crippen LogP) is 2.38. The van der Waals surface area contributed by atoms with E-state index in [1.54, 1.807) is 6.07 Å². The molecule has 3 heterocycles. The van der Waals surface area contributed by atoms with Crippen LogP contribution < -0.4 is 21.1 Å². The van der Waals surface area contributed by atoms with Gasteiger partial charge in [0.2, 0.25) is 17.8 Å². The number of para-hydroxylation sites is 1. The molecule has 2 aliphatic heterocycles. The Morgan fingerprint density at radius 2 is 1.93 bits per heavy atom. The second-order valence-electron chi connectivity index (χ2n) is 7.93. The van der Waals surface area contributed by atoms with Gasteiger partial charge in [0.1, 0.15) is 5.82 Å². The van der Waals surface area contributed by atoms with E-state index in [4.69, 9.17) is 0 Å². The molecule has 2 aromatic rings. The molecule has 0 aliphatic carbocycles. The maximum Gasteiger partial charge on any atom is 0.258 e. The van der Waals surface area contributed by atoms with Gasteiger partial charge in [-0.15, -0.1) is 0 Å². The number of aromatic nitrogens is 2. The lowest BCUT2D eigenvalue weighted by atomic mass is 9.92. The van der Waals surface area contributed by atoms with E-state index in [9.17, 15) is 14.4 Å². The SMILES string of the molecule is Cc1ccccc1NC(=O)[C@H]1CC(=O)Nc2nc(N3CCC(C)CC3)[nH]c(=O)c21. The molecule has 1 fully saturated rings. The number of aryl methyl sites for hydroxylation is 1. The summed E-state index contributed by atoms with van der Waals surface area (Å²) in [6.07, 6.45) is 1.96. The normalized spacial score (nSPS) is 19.4. The minimum absolute atomic E-state index is 0.0873. The summed E-state index contributed by atoms with van der Waals surface area (Å²) in [4.78, 5) is 47.4. The van der Waals surface area contributed by atoms with Gasteiger partial charge in [0, 0.05) is 25.2 Å². The molecular formula is C21H25N5O3. The first-order valence-corrected chi connectivity index (χ1v) is 9.98. The summed E-state index contributed by atoms with van der Waals surface area (Å²) in [5, 5.41) is 5.51. The molecule has 0 bridgehead atoms. The average Bonchev–Trinajstić information content (AvgIpc) is 2.69. The Bertz CT molecular complexity index is 1010. The highest BCUT2D eigenvalue weighted by atomic mass is 16.2. The minimum Gasteiger partial charge on any atom is -0.342 e. The van der Waals surface area contributed by atoms with Gasteiger partial charge in [-0.3, -0.25) is 19.4 Å². The fourth-order valence-corrected chi connectivity index (χ4v) is 3.89. The van der Waals surface area contributed by atoms with Crippen LogP contribution in [0.3, 0.4) is 0 Å². The van der Waals surface area contributed by atoms with Crippen molar-refractivity contribution in [3.05, 3.63) is 45.7 Å². The van der Waals surface area contributed by atoms with Gasteiger partial charge in [0.05, 0.1) is 11.5 Å². The summed E-state index contributed by atoms with van der Waals surface area (Å²) in [6.45, 7) is 5.69. The number of anilines is 3. The van der Waals surface area contributed by atoms with Crippen molar-refractivity contribution in [1.29, 1.82) is 0 Å². The summed E-state index contributed by atoms with van der Waals surface area (Å²) in [6, 6.07) is 7.38. The number of aromatic amines is 1. The Balaban J connectivity index is 1.64. The van der Waals surface area contributed by atoms with Crippen LogP contribution in [0.15, 0.2) is 29.1 Å². The topological polar surface area (TPSA) is 107 Å². The molecule has 0 spiro atoms. The number of carbonyl (C=O) groups excluding carboxylic acids is 2. The fraction of sp³-hybridized carbons (Fsp3) is 0.429. The van der Waals surface area contributed by atoms with Crippen molar-refractivity contribution < 1.29 is 9.59 Å². The Labute approximate surface area is 168 Å². The third kappa shape index (κ3) is 3.87. The van der Waals surface area contributed by atoms with Crippen molar-refractivity contribution in [2.75, 3.05) is 28.6 Å². The molecule has 8 nitrogen and oxygen atoms in total. The Hall–Kier alpha value is -3.16. The van der Waals surface area contributed by atoms with Crippen LogP contribution in [0.25, 0.3) is 0 Å². The van der Waals surface area contributed by atoms with Crippen LogP contribution in [0.2, 0.25) is 0 Å². The van der Waals surface area contributed by atoms with Crippen LogP contribution in [-0.4, -0.2) is 34.9 Å². The molecule has 3 N–H and O–H groups in total. The molecule has 0 saturated carbocycles. The van der Waals surface area contributed by atoms with E-state index in [0.717, 1.165) is 31.5 Å². The van der Waals surface area contributed by atoms with Crippen molar-refractivity contribution in [3.63, 3.8) is 0 Å². The molecule has 1 aromatic carbocycles.